The number of fused-ring (bicyclic) bond motifs is 1. The second kappa shape index (κ2) is 12.6. The van der Waals surface area contributed by atoms with Crippen molar-refractivity contribution < 1.29 is 24.7 Å². The van der Waals surface area contributed by atoms with Gasteiger partial charge in [-0.2, -0.15) is 0 Å². The van der Waals surface area contributed by atoms with Crippen molar-refractivity contribution in [2.24, 2.45) is 5.16 Å². The number of nitrogen functional groups attached to an aromatic ring is 1. The number of aliphatic carboxylic acids is 1. The molecular formula is C20H27N9O5S5. The number of carboxylic acid groups (broad SMARTS) is 1. The first-order chi connectivity index (χ1) is 18.6. The Morgan fingerprint density at radius 1 is 1.41 bits per heavy atom. The van der Waals surface area contributed by atoms with Gasteiger partial charge in [0.2, 0.25) is 5.91 Å². The molecule has 14 nitrogen and oxygen atoms in total. The van der Waals surface area contributed by atoms with E-state index in [-0.39, 0.29) is 40.4 Å². The van der Waals surface area contributed by atoms with Gasteiger partial charge < -0.3 is 31.6 Å². The summed E-state index contributed by atoms with van der Waals surface area (Å²) in [5.41, 5.74) is 6.02. The minimum atomic E-state index is -1.31. The molecule has 2 aromatic rings. The molecule has 2 aliphatic heterocycles. The number of nitrogens with zero attached hydrogens (tertiary/aromatic N) is 5. The van der Waals surface area contributed by atoms with Gasteiger partial charge in [-0.05, 0) is 32.4 Å². The Morgan fingerprint density at radius 3 is 2.82 bits per heavy atom. The summed E-state index contributed by atoms with van der Waals surface area (Å²) in [5.74, 6) is -1.50. The molecule has 0 aromatic carbocycles. The molecule has 0 radical (unpaired) electrons. The third-order valence-corrected chi connectivity index (χ3v) is 11.8. The van der Waals surface area contributed by atoms with Gasteiger partial charge in [0.25, 0.3) is 5.91 Å². The number of carbonyl (C=O) groups is 3. The van der Waals surface area contributed by atoms with Crippen LogP contribution in [0.4, 0.5) is 5.13 Å². The van der Waals surface area contributed by atoms with Crippen LogP contribution in [0.15, 0.2) is 14.7 Å². The number of oxime groups is 1. The summed E-state index contributed by atoms with van der Waals surface area (Å²) in [6, 6.07) is -0.891. The van der Waals surface area contributed by atoms with Crippen LogP contribution in [-0.4, -0.2) is 100 Å². The van der Waals surface area contributed by atoms with Crippen LogP contribution in [0.3, 0.4) is 0 Å². The van der Waals surface area contributed by atoms with E-state index in [1.807, 2.05) is 20.9 Å². The second-order valence-corrected chi connectivity index (χ2v) is 14.4. The summed E-state index contributed by atoms with van der Waals surface area (Å²) in [6.45, 7) is 4.01. The predicted octanol–water partition coefficient (Wildman–Crippen LogP) is 0.505. The van der Waals surface area contributed by atoms with Gasteiger partial charge in [0.15, 0.2) is 10.8 Å². The largest absolute Gasteiger partial charge is 0.480 e. The molecule has 4 rings (SSSR count). The first kappa shape index (κ1) is 29.8. The molecule has 0 bridgehead atoms. The lowest BCUT2D eigenvalue weighted by Gasteiger charge is -2.53. The molecule has 0 aliphatic carbocycles. The Hall–Kier alpha value is -2.16. The number of nitrogens with one attached hydrogen (secondary N) is 3. The summed E-state index contributed by atoms with van der Waals surface area (Å²) in [5, 5.41) is 37.2. The zero-order valence-corrected chi connectivity index (χ0v) is 25.1. The predicted molar refractivity (Wildman–Crippen MR) is 153 cm³/mol. The van der Waals surface area contributed by atoms with Crippen LogP contribution in [0.1, 0.15) is 25.2 Å². The Kier molecular flexibility index (Phi) is 9.61. The van der Waals surface area contributed by atoms with Gasteiger partial charge in [-0.3, -0.25) is 19.7 Å². The van der Waals surface area contributed by atoms with Crippen LogP contribution in [0.5, 0.6) is 0 Å². The minimum Gasteiger partial charge on any atom is -0.480 e. The monoisotopic (exact) mass is 633 g/mol. The quantitative estimate of drug-likeness (QED) is 0.0619. The first-order valence-electron chi connectivity index (χ1n) is 11.5. The highest BCUT2D eigenvalue weighted by atomic mass is 32.2. The molecule has 7 N–H and O–H groups in total. The Balaban J connectivity index is 1.39. The lowest BCUT2D eigenvalue weighted by atomic mass is 10.0. The number of aromatic nitrogens is 3. The van der Waals surface area contributed by atoms with Crippen molar-refractivity contribution in [1.29, 1.82) is 0 Å². The number of rotatable bonds is 12. The standard InChI is InChI=1S/C20H27N9O5S5/c1-8(22-3)23-9(2)35-5-11-17(39-28-26-11)38-20(18(32)33)6-29-15(31)13(16(29)37-7-20)25-14(30)12(27-34)10-4-36-19(21)24-10/h4,8-9,13,16,22-23,34H,5-7H2,1-3H3,(H2,21,24)(H,25,30)(H,32,33)/t8?,9?,13-,16-,20?/m1/s1. The van der Waals surface area contributed by atoms with Crippen LogP contribution in [0, 0.1) is 0 Å². The molecule has 212 valence electrons. The molecule has 0 spiro atoms. The maximum Gasteiger partial charge on any atom is 0.322 e. The molecule has 2 aromatic heterocycles. The van der Waals surface area contributed by atoms with Crippen LogP contribution in [-0.2, 0) is 20.1 Å². The van der Waals surface area contributed by atoms with E-state index in [1.54, 1.807) is 11.8 Å². The molecule has 2 amide bonds. The fourth-order valence-corrected chi connectivity index (χ4v) is 9.34. The number of thiazole rings is 1. The lowest BCUT2D eigenvalue weighted by molar-refractivity contribution is -0.151. The zero-order valence-electron chi connectivity index (χ0n) is 21.0. The molecule has 19 heteroatoms. The van der Waals surface area contributed by atoms with E-state index in [4.69, 9.17) is 5.73 Å². The summed E-state index contributed by atoms with van der Waals surface area (Å²) in [7, 11) is 1.87. The number of carboxylic acids is 1. The molecule has 39 heavy (non-hydrogen) atoms. The number of carbonyl (C=O) groups excluding carboxylic acids is 2. The van der Waals surface area contributed by atoms with E-state index in [0.29, 0.717) is 15.7 Å². The Bertz CT molecular complexity index is 1260. The topological polar surface area (TPSA) is 208 Å². The highest BCUT2D eigenvalue weighted by Crippen LogP contribution is 2.48. The summed E-state index contributed by atoms with van der Waals surface area (Å²) < 4.78 is 3.44. The molecule has 2 saturated heterocycles. The van der Waals surface area contributed by atoms with Crippen molar-refractivity contribution in [3.8, 4) is 0 Å². The van der Waals surface area contributed by atoms with Crippen LogP contribution in [0.2, 0.25) is 0 Å². The molecule has 4 heterocycles. The van der Waals surface area contributed by atoms with Gasteiger partial charge in [-0.15, -0.1) is 40.0 Å². The maximum atomic E-state index is 13.0. The van der Waals surface area contributed by atoms with Crippen molar-refractivity contribution in [2.75, 3.05) is 25.1 Å². The Labute approximate surface area is 244 Å². The van der Waals surface area contributed by atoms with E-state index in [0.717, 1.165) is 34.6 Å². The third-order valence-electron chi connectivity index (χ3n) is 6.01. The van der Waals surface area contributed by atoms with Gasteiger partial charge in [0.05, 0.1) is 17.2 Å². The number of amides is 2. The van der Waals surface area contributed by atoms with E-state index < -0.39 is 33.9 Å². The number of nitrogens with two attached hydrogens (primary N) is 1. The number of anilines is 1. The zero-order chi connectivity index (χ0) is 28.3. The molecule has 3 unspecified atom stereocenters. The SMILES string of the molecule is CNC(C)NC(C)SCc1nnsc1SC1(C(=O)O)CS[C@@H]2[C@H](NC(=O)C(=NO)c3csc(N)n3)C(=O)N2C1. The lowest BCUT2D eigenvalue weighted by Crippen LogP contribution is -2.74. The highest BCUT2D eigenvalue weighted by Gasteiger charge is 2.58. The van der Waals surface area contributed by atoms with Crippen molar-refractivity contribution >= 4 is 86.8 Å². The van der Waals surface area contributed by atoms with Crippen molar-refractivity contribution in [3.63, 3.8) is 0 Å². The highest BCUT2D eigenvalue weighted by molar-refractivity contribution is 8.06. The normalized spacial score (nSPS) is 24.5. The van der Waals surface area contributed by atoms with Gasteiger partial charge in [-0.25, -0.2) is 4.98 Å². The molecule has 2 aliphatic rings. The maximum absolute atomic E-state index is 13.0. The average molecular weight is 634 g/mol. The van der Waals surface area contributed by atoms with Crippen molar-refractivity contribution in [3.05, 3.63) is 16.8 Å². The number of β-lactam (4-membered cyclic amide) rings is 1. The van der Waals surface area contributed by atoms with E-state index in [9.17, 15) is 24.7 Å². The number of thioether (sulfide) groups is 3. The fraction of sp³-hybridized carbons (Fsp3) is 0.550. The number of hydrogen-bond donors (Lipinski definition) is 6. The molecule has 0 saturated carbocycles. The van der Waals surface area contributed by atoms with Gasteiger partial charge in [-0.1, -0.05) is 21.4 Å². The molecule has 2 fully saturated rings. The first-order valence-corrected chi connectivity index (χ1v) is 16.1. The van der Waals surface area contributed by atoms with Gasteiger partial charge in [0.1, 0.15) is 26.1 Å². The van der Waals surface area contributed by atoms with E-state index >= 15 is 0 Å². The summed E-state index contributed by atoms with van der Waals surface area (Å²) in [6.07, 6.45) is 0.133. The number of hydrogen-bond acceptors (Lipinski definition) is 16. The average Bonchev–Trinajstić information content (AvgIpc) is 3.54. The van der Waals surface area contributed by atoms with Gasteiger partial charge >= 0.3 is 5.97 Å². The minimum absolute atomic E-state index is 0.0401. The van der Waals surface area contributed by atoms with Crippen LogP contribution < -0.4 is 21.7 Å². The fourth-order valence-electron chi connectivity index (χ4n) is 3.84. The van der Waals surface area contributed by atoms with Crippen LogP contribution in [0.25, 0.3) is 0 Å². The van der Waals surface area contributed by atoms with E-state index in [1.165, 1.54) is 22.0 Å². The molecular weight excluding hydrogens is 607 g/mol. The van der Waals surface area contributed by atoms with E-state index in [2.05, 4.69) is 35.7 Å². The van der Waals surface area contributed by atoms with Crippen molar-refractivity contribution in [2.45, 2.75) is 51.5 Å². The second-order valence-electron chi connectivity index (χ2n) is 8.68. The summed E-state index contributed by atoms with van der Waals surface area (Å²) in [4.78, 5) is 43.6. The Morgan fingerprint density at radius 2 is 2.18 bits per heavy atom. The molecule has 5 atom stereocenters. The third kappa shape index (κ3) is 6.44. The smallest absolute Gasteiger partial charge is 0.322 e. The summed E-state index contributed by atoms with van der Waals surface area (Å²) >= 11 is 6.28. The van der Waals surface area contributed by atoms with Crippen molar-refractivity contribution in [1.82, 2.24) is 35.4 Å². The van der Waals surface area contributed by atoms with Gasteiger partial charge in [0, 0.05) is 23.4 Å². The van der Waals surface area contributed by atoms with Crippen LogP contribution >= 0.6 is 58.2 Å².